The second kappa shape index (κ2) is 5.09. The van der Waals surface area contributed by atoms with Gasteiger partial charge in [-0.2, -0.15) is 0 Å². The fourth-order valence-electron chi connectivity index (χ4n) is 1.45. The van der Waals surface area contributed by atoms with Gasteiger partial charge in [0.05, 0.1) is 10.6 Å². The number of likely N-dealkylation sites (N-methyl/N-ethyl adjacent to an activating group) is 1. The van der Waals surface area contributed by atoms with Crippen LogP contribution in [0, 0.1) is 0 Å². The molecule has 0 aliphatic carbocycles. The summed E-state index contributed by atoms with van der Waals surface area (Å²) >= 11 is 1.63. The molecular weight excluding hydrogens is 220 g/mol. The minimum absolute atomic E-state index is 0.706. The molecule has 0 amide bonds. The number of aromatic nitrogens is 1. The van der Waals surface area contributed by atoms with Crippen molar-refractivity contribution in [3.63, 3.8) is 0 Å². The third-order valence-electron chi connectivity index (χ3n) is 2.16. The van der Waals surface area contributed by atoms with Gasteiger partial charge >= 0.3 is 0 Å². The first-order valence-electron chi connectivity index (χ1n) is 5.07. The lowest BCUT2D eigenvalue weighted by Gasteiger charge is -2.10. The van der Waals surface area contributed by atoms with Gasteiger partial charge in [-0.15, -0.1) is 17.9 Å². The quantitative estimate of drug-likeness (QED) is 0.745. The van der Waals surface area contributed by atoms with E-state index in [1.807, 2.05) is 30.6 Å². The monoisotopic (exact) mass is 234 g/mol. The van der Waals surface area contributed by atoms with Crippen LogP contribution < -0.4 is 0 Å². The van der Waals surface area contributed by atoms with Crippen LogP contribution in [0.4, 0.5) is 0 Å². The van der Waals surface area contributed by atoms with Gasteiger partial charge in [-0.05, 0) is 18.5 Å². The van der Waals surface area contributed by atoms with Gasteiger partial charge in [-0.1, -0.05) is 12.1 Å². The highest BCUT2D eigenvalue weighted by Gasteiger charge is 2.08. The van der Waals surface area contributed by atoms with Crippen molar-refractivity contribution in [1.82, 2.24) is 9.88 Å². The zero-order valence-corrected chi connectivity index (χ0v) is 10.0. The summed E-state index contributed by atoms with van der Waals surface area (Å²) in [5.41, 5.74) is 0.952. The predicted octanol–water partition coefficient (Wildman–Crippen LogP) is 3.02. The van der Waals surface area contributed by atoms with Crippen LogP contribution in [0.25, 0.3) is 10.8 Å². The first kappa shape index (κ1) is 11.1. The minimum atomic E-state index is 0.706. The number of rotatable bonds is 5. The van der Waals surface area contributed by atoms with Crippen molar-refractivity contribution in [2.75, 3.05) is 13.6 Å². The van der Waals surface area contributed by atoms with E-state index in [0.29, 0.717) is 5.89 Å². The largest absolute Gasteiger partial charge is 0.444 e. The van der Waals surface area contributed by atoms with Crippen LogP contribution in [-0.4, -0.2) is 23.5 Å². The van der Waals surface area contributed by atoms with E-state index in [0.717, 1.165) is 23.7 Å². The summed E-state index contributed by atoms with van der Waals surface area (Å²) in [5, 5.41) is 2.02. The van der Waals surface area contributed by atoms with Crippen molar-refractivity contribution in [3.8, 4) is 10.8 Å². The van der Waals surface area contributed by atoms with Gasteiger partial charge in [0.2, 0.25) is 5.89 Å². The third kappa shape index (κ3) is 2.59. The Bertz CT molecular complexity index is 447. The number of oxazole rings is 1. The van der Waals surface area contributed by atoms with E-state index in [-0.39, 0.29) is 0 Å². The third-order valence-corrected chi connectivity index (χ3v) is 3.01. The van der Waals surface area contributed by atoms with Crippen molar-refractivity contribution < 1.29 is 4.42 Å². The summed E-state index contributed by atoms with van der Waals surface area (Å²) in [6.07, 6.45) is 3.59. The Balaban J connectivity index is 2.05. The Kier molecular flexibility index (Phi) is 3.54. The summed E-state index contributed by atoms with van der Waals surface area (Å²) in [4.78, 5) is 7.64. The van der Waals surface area contributed by atoms with Crippen LogP contribution in [0.3, 0.4) is 0 Å². The molecule has 0 aromatic carbocycles. The van der Waals surface area contributed by atoms with E-state index in [4.69, 9.17) is 4.42 Å². The Morgan fingerprint density at radius 2 is 2.50 bits per heavy atom. The molecule has 0 N–H and O–H groups in total. The fourth-order valence-corrected chi connectivity index (χ4v) is 2.11. The summed E-state index contributed by atoms with van der Waals surface area (Å²) in [7, 11) is 2.03. The number of nitrogens with zero attached hydrogens (tertiary/aromatic N) is 2. The SMILES string of the molecule is C=CCN(C)Cc1coc(-c2cccs2)n1. The first-order valence-corrected chi connectivity index (χ1v) is 5.95. The van der Waals surface area contributed by atoms with Gasteiger partial charge in [-0.25, -0.2) is 4.98 Å². The Hall–Kier alpha value is -1.39. The second-order valence-electron chi connectivity index (χ2n) is 3.61. The van der Waals surface area contributed by atoms with E-state index < -0.39 is 0 Å². The van der Waals surface area contributed by atoms with Crippen molar-refractivity contribution in [1.29, 1.82) is 0 Å². The zero-order valence-electron chi connectivity index (χ0n) is 9.22. The summed E-state index contributed by atoms with van der Waals surface area (Å²) in [5.74, 6) is 0.706. The molecule has 2 aromatic rings. The minimum Gasteiger partial charge on any atom is -0.444 e. The molecule has 0 aliphatic heterocycles. The van der Waals surface area contributed by atoms with Gasteiger partial charge in [-0.3, -0.25) is 4.90 Å². The maximum atomic E-state index is 5.43. The fraction of sp³-hybridized carbons (Fsp3) is 0.250. The van der Waals surface area contributed by atoms with E-state index in [1.165, 1.54) is 0 Å². The predicted molar refractivity (Wildman–Crippen MR) is 66.3 cm³/mol. The van der Waals surface area contributed by atoms with Crippen molar-refractivity contribution in [3.05, 3.63) is 42.1 Å². The van der Waals surface area contributed by atoms with E-state index >= 15 is 0 Å². The lowest BCUT2D eigenvalue weighted by atomic mass is 10.4. The van der Waals surface area contributed by atoms with Crippen LogP contribution >= 0.6 is 11.3 Å². The molecular formula is C12H14N2OS. The highest BCUT2D eigenvalue weighted by atomic mass is 32.1. The average molecular weight is 234 g/mol. The molecule has 4 heteroatoms. The molecule has 84 valence electrons. The maximum Gasteiger partial charge on any atom is 0.236 e. The molecule has 0 saturated carbocycles. The molecule has 0 aliphatic rings. The molecule has 2 heterocycles. The first-order chi connectivity index (χ1) is 7.79. The number of hydrogen-bond donors (Lipinski definition) is 0. The molecule has 2 aromatic heterocycles. The second-order valence-corrected chi connectivity index (χ2v) is 4.55. The Morgan fingerprint density at radius 1 is 1.62 bits per heavy atom. The molecule has 0 radical (unpaired) electrons. The summed E-state index contributed by atoms with van der Waals surface area (Å²) < 4.78 is 5.43. The smallest absolute Gasteiger partial charge is 0.236 e. The van der Waals surface area contributed by atoms with Crippen LogP contribution in [0.5, 0.6) is 0 Å². The molecule has 16 heavy (non-hydrogen) atoms. The van der Waals surface area contributed by atoms with E-state index in [1.54, 1.807) is 17.6 Å². The Labute approximate surface area is 99.0 Å². The number of thiophene rings is 1. The molecule has 0 unspecified atom stereocenters. The maximum absolute atomic E-state index is 5.43. The molecule has 0 atom stereocenters. The molecule has 0 bridgehead atoms. The zero-order chi connectivity index (χ0) is 11.4. The molecule has 0 saturated heterocycles. The van der Waals surface area contributed by atoms with Gasteiger partial charge < -0.3 is 4.42 Å². The van der Waals surface area contributed by atoms with Gasteiger partial charge in [0.15, 0.2) is 0 Å². The van der Waals surface area contributed by atoms with Crippen LogP contribution in [0.15, 0.2) is 40.8 Å². The van der Waals surface area contributed by atoms with Crippen LogP contribution in [0.2, 0.25) is 0 Å². The standard InChI is InChI=1S/C12H14N2OS/c1-3-6-14(2)8-10-9-15-12(13-10)11-5-4-7-16-11/h3-5,7,9H,1,6,8H2,2H3. The lowest BCUT2D eigenvalue weighted by Crippen LogP contribution is -2.17. The molecule has 3 nitrogen and oxygen atoms in total. The summed E-state index contributed by atoms with van der Waals surface area (Å²) in [6.45, 7) is 5.33. The Morgan fingerprint density at radius 3 is 3.19 bits per heavy atom. The molecule has 0 fully saturated rings. The molecule has 2 rings (SSSR count). The summed E-state index contributed by atoms with van der Waals surface area (Å²) in [6, 6.07) is 4.00. The van der Waals surface area contributed by atoms with Gasteiger partial charge in [0, 0.05) is 13.1 Å². The number of hydrogen-bond acceptors (Lipinski definition) is 4. The average Bonchev–Trinajstić information content (AvgIpc) is 2.86. The van der Waals surface area contributed by atoms with Crippen LogP contribution in [0.1, 0.15) is 5.69 Å². The van der Waals surface area contributed by atoms with Gasteiger partial charge in [0.25, 0.3) is 0 Å². The van der Waals surface area contributed by atoms with Crippen molar-refractivity contribution in [2.24, 2.45) is 0 Å². The topological polar surface area (TPSA) is 29.3 Å². The normalized spacial score (nSPS) is 10.9. The van der Waals surface area contributed by atoms with E-state index in [2.05, 4.69) is 16.5 Å². The molecule has 0 spiro atoms. The van der Waals surface area contributed by atoms with Crippen LogP contribution in [-0.2, 0) is 6.54 Å². The highest BCUT2D eigenvalue weighted by molar-refractivity contribution is 7.13. The van der Waals surface area contributed by atoms with Crippen molar-refractivity contribution in [2.45, 2.75) is 6.54 Å². The lowest BCUT2D eigenvalue weighted by molar-refractivity contribution is 0.358. The highest BCUT2D eigenvalue weighted by Crippen LogP contribution is 2.23. The van der Waals surface area contributed by atoms with Gasteiger partial charge in [0.1, 0.15) is 6.26 Å². The van der Waals surface area contributed by atoms with E-state index in [9.17, 15) is 0 Å². The van der Waals surface area contributed by atoms with Crippen molar-refractivity contribution >= 4 is 11.3 Å².